The van der Waals surface area contributed by atoms with Crippen LogP contribution in [0.2, 0.25) is 0 Å². The predicted molar refractivity (Wildman–Crippen MR) is 242 cm³/mol. The molecule has 6 atom stereocenters. The number of aliphatic hydroxyl groups is 1. The van der Waals surface area contributed by atoms with E-state index in [1.165, 1.54) is 40.7 Å². The molecule has 0 aliphatic heterocycles. The molecule has 0 fully saturated rings. The molecule has 0 aromatic heterocycles. The fraction of sp³-hybridized carbons (Fsp3) is 0.712. The fourth-order valence-electron chi connectivity index (χ4n) is 8.96. The first kappa shape index (κ1) is 48.6. The van der Waals surface area contributed by atoms with Crippen LogP contribution in [0, 0.1) is 0 Å². The van der Waals surface area contributed by atoms with Crippen LogP contribution < -0.4 is 4.74 Å². The van der Waals surface area contributed by atoms with Gasteiger partial charge in [-0.1, -0.05) is 172 Å². The molecule has 2 rings (SSSR count). The number of Topliss-reactive ketones (excluding diaryl/α,β-unsaturated/α-hetero) is 1. The van der Waals surface area contributed by atoms with Crippen LogP contribution in [0.5, 0.6) is 5.75 Å². The fourth-order valence-corrected chi connectivity index (χ4v) is 8.96. The van der Waals surface area contributed by atoms with Crippen molar-refractivity contribution in [3.05, 3.63) is 68.5 Å². The van der Waals surface area contributed by atoms with E-state index in [0.717, 1.165) is 125 Å². The van der Waals surface area contributed by atoms with Crippen LogP contribution in [-0.2, 0) is 0 Å². The van der Waals surface area contributed by atoms with Gasteiger partial charge in [-0.3, -0.25) is 4.79 Å². The van der Waals surface area contributed by atoms with Gasteiger partial charge in [-0.05, 0) is 120 Å². The van der Waals surface area contributed by atoms with Crippen molar-refractivity contribution in [2.24, 2.45) is 0 Å². The molecule has 312 valence electrons. The molecule has 3 heteroatoms. The zero-order valence-electron chi connectivity index (χ0n) is 38.3. The quantitative estimate of drug-likeness (QED) is 0.0534. The van der Waals surface area contributed by atoms with E-state index >= 15 is 4.79 Å². The van der Waals surface area contributed by atoms with Crippen LogP contribution in [0.1, 0.15) is 283 Å². The van der Waals surface area contributed by atoms with Gasteiger partial charge in [-0.2, -0.15) is 0 Å². The van der Waals surface area contributed by atoms with Gasteiger partial charge in [-0.15, -0.1) is 0 Å². The Kier molecular flexibility index (Phi) is 22.7. The molecule has 0 bridgehead atoms. The van der Waals surface area contributed by atoms with Crippen molar-refractivity contribution in [3.63, 3.8) is 0 Å². The van der Waals surface area contributed by atoms with Gasteiger partial charge in [0.25, 0.3) is 0 Å². The highest BCUT2D eigenvalue weighted by atomic mass is 16.5. The van der Waals surface area contributed by atoms with Crippen molar-refractivity contribution in [3.8, 4) is 5.75 Å². The van der Waals surface area contributed by atoms with Crippen molar-refractivity contribution in [2.75, 3.05) is 7.11 Å². The molecule has 0 spiro atoms. The van der Waals surface area contributed by atoms with Crippen LogP contribution in [0.4, 0.5) is 0 Å². The summed E-state index contributed by atoms with van der Waals surface area (Å²) >= 11 is 0. The summed E-state index contributed by atoms with van der Waals surface area (Å²) in [4.78, 5) is 15.5. The van der Waals surface area contributed by atoms with E-state index in [1.807, 2.05) is 6.08 Å². The summed E-state index contributed by atoms with van der Waals surface area (Å²) in [6.45, 7) is 27.6. The summed E-state index contributed by atoms with van der Waals surface area (Å²) in [5.41, 5.74) is 9.18. The molecule has 0 amide bonds. The highest BCUT2D eigenvalue weighted by Crippen LogP contribution is 2.45. The number of hydrogen-bond acceptors (Lipinski definition) is 3. The number of unbranched alkanes of at least 4 members (excludes halogenated alkanes) is 6. The number of ether oxygens (including phenoxy) is 1. The van der Waals surface area contributed by atoms with Crippen LogP contribution in [0.25, 0.3) is 6.08 Å². The minimum absolute atomic E-state index is 0.136. The number of methoxy groups -OCH3 is 1. The number of aliphatic hydroxyl groups excluding tert-OH is 1. The number of hydrogen-bond donors (Lipinski definition) is 1. The van der Waals surface area contributed by atoms with Gasteiger partial charge >= 0.3 is 0 Å². The summed E-state index contributed by atoms with van der Waals surface area (Å²) < 4.78 is 6.14. The van der Waals surface area contributed by atoms with Crippen molar-refractivity contribution in [1.82, 2.24) is 0 Å². The lowest BCUT2D eigenvalue weighted by molar-refractivity contribution is 0.0977. The Balaban J connectivity index is 3.15. The summed E-state index contributed by atoms with van der Waals surface area (Å²) in [5.74, 6) is 2.24. The summed E-state index contributed by atoms with van der Waals surface area (Å²) in [6.07, 6.45) is 21.9. The van der Waals surface area contributed by atoms with Crippen LogP contribution in [0.3, 0.4) is 0 Å². The number of carbonyl (C=O) groups is 1. The summed E-state index contributed by atoms with van der Waals surface area (Å²) in [6, 6.07) is 7.02. The lowest BCUT2D eigenvalue weighted by atomic mass is 9.72. The van der Waals surface area contributed by atoms with Crippen LogP contribution >= 0.6 is 0 Å². The monoisotopic (exact) mass is 759 g/mol. The van der Waals surface area contributed by atoms with E-state index in [1.54, 1.807) is 7.11 Å². The normalized spacial score (nSPS) is 15.4. The Labute approximate surface area is 340 Å². The first-order chi connectivity index (χ1) is 26.4. The zero-order chi connectivity index (χ0) is 41.1. The van der Waals surface area contributed by atoms with E-state index in [4.69, 9.17) is 4.74 Å². The lowest BCUT2D eigenvalue weighted by Crippen LogP contribution is -2.20. The maximum absolute atomic E-state index is 15.5. The van der Waals surface area contributed by atoms with E-state index in [2.05, 4.69) is 101 Å². The van der Waals surface area contributed by atoms with Crippen molar-refractivity contribution in [2.45, 2.75) is 234 Å². The molecular formula is C52H86O3. The minimum Gasteiger partial charge on any atom is -0.504 e. The molecule has 2 aromatic carbocycles. The molecule has 2 aromatic rings. The molecular weight excluding hydrogens is 673 g/mol. The lowest BCUT2D eigenvalue weighted by Gasteiger charge is -2.32. The minimum atomic E-state index is -0.194. The molecule has 6 unspecified atom stereocenters. The van der Waals surface area contributed by atoms with Crippen molar-refractivity contribution in [1.29, 1.82) is 0 Å². The van der Waals surface area contributed by atoms with E-state index in [-0.39, 0.29) is 29.3 Å². The van der Waals surface area contributed by atoms with Gasteiger partial charge in [0.1, 0.15) is 5.75 Å². The second kappa shape index (κ2) is 25.7. The van der Waals surface area contributed by atoms with Crippen LogP contribution in [0.15, 0.2) is 24.0 Å². The third-order valence-electron chi connectivity index (χ3n) is 12.7. The Bertz CT molecular complexity index is 1400. The molecule has 0 aliphatic carbocycles. The Morgan fingerprint density at radius 1 is 0.545 bits per heavy atom. The first-order valence-corrected chi connectivity index (χ1v) is 23.2. The molecule has 55 heavy (non-hydrogen) atoms. The number of ketones is 1. The van der Waals surface area contributed by atoms with Gasteiger partial charge in [0.05, 0.1) is 7.11 Å². The highest BCUT2D eigenvalue weighted by molar-refractivity contribution is 6.12. The molecule has 3 nitrogen and oxygen atoms in total. The van der Waals surface area contributed by atoms with Gasteiger partial charge in [0.2, 0.25) is 5.78 Å². The third-order valence-corrected chi connectivity index (χ3v) is 12.7. The SMILES string of the molecule is CCCCC(C)c1cc(/C=C(\O)C(=O)c2c(C(C)CCCC)c(C(C)CCCC)cc(C(C)CCCC)c2C(C)CCCC)c(C(C)CCCC)c(OC)c1. The van der Waals surface area contributed by atoms with Gasteiger partial charge < -0.3 is 9.84 Å². The molecule has 0 saturated heterocycles. The standard InChI is InChI=1S/C52H86O3/c1-14-20-26-36(7)42-32-43(48(47(34-42)55-13)39(10)29-23-17-4)33-46(53)52(54)51-49(40(11)30-24-18-5)44(37(8)27-21-15-2)35-45(38(9)28-22-16-3)50(51)41(12)31-25-19-6/h32-41,53H,14-31H2,1-13H3/b46-33-. The summed E-state index contributed by atoms with van der Waals surface area (Å²) in [5, 5.41) is 12.4. The number of carbonyl (C=O) groups excluding carboxylic acids is 1. The van der Waals surface area contributed by atoms with E-state index in [0.29, 0.717) is 17.8 Å². The maximum atomic E-state index is 15.5. The Hall–Kier alpha value is -2.55. The smallest absolute Gasteiger partial charge is 0.227 e. The average Bonchev–Trinajstić information content (AvgIpc) is 3.19. The number of allylic oxidation sites excluding steroid dienone is 1. The molecule has 0 saturated carbocycles. The topological polar surface area (TPSA) is 46.5 Å². The van der Waals surface area contributed by atoms with Crippen molar-refractivity contribution < 1.29 is 14.6 Å². The largest absolute Gasteiger partial charge is 0.504 e. The van der Waals surface area contributed by atoms with Gasteiger partial charge in [-0.25, -0.2) is 0 Å². The third kappa shape index (κ3) is 13.8. The van der Waals surface area contributed by atoms with Crippen molar-refractivity contribution >= 4 is 11.9 Å². The number of rotatable bonds is 28. The molecule has 0 heterocycles. The number of benzene rings is 2. The molecule has 0 radical (unpaired) electrons. The van der Waals surface area contributed by atoms with Crippen LogP contribution in [-0.4, -0.2) is 18.0 Å². The second-order valence-corrected chi connectivity index (χ2v) is 17.6. The van der Waals surface area contributed by atoms with E-state index in [9.17, 15) is 5.11 Å². The van der Waals surface area contributed by atoms with Gasteiger partial charge in [0.15, 0.2) is 5.76 Å². The Morgan fingerprint density at radius 3 is 1.29 bits per heavy atom. The molecule has 0 aliphatic rings. The summed E-state index contributed by atoms with van der Waals surface area (Å²) in [7, 11) is 1.77. The molecule has 1 N–H and O–H groups in total. The average molecular weight is 759 g/mol. The Morgan fingerprint density at radius 2 is 0.909 bits per heavy atom. The highest BCUT2D eigenvalue weighted by Gasteiger charge is 2.33. The van der Waals surface area contributed by atoms with E-state index < -0.39 is 0 Å². The van der Waals surface area contributed by atoms with Gasteiger partial charge in [0, 0.05) is 11.1 Å². The zero-order valence-corrected chi connectivity index (χ0v) is 38.3. The second-order valence-electron chi connectivity index (χ2n) is 17.6. The predicted octanol–water partition coefficient (Wildman–Crippen LogP) is 17.2. The first-order valence-electron chi connectivity index (χ1n) is 23.2. The maximum Gasteiger partial charge on any atom is 0.227 e.